The summed E-state index contributed by atoms with van der Waals surface area (Å²) in [5.74, 6) is 1.73. The van der Waals surface area contributed by atoms with Gasteiger partial charge in [-0.1, -0.05) is 27.2 Å². The predicted molar refractivity (Wildman–Crippen MR) is 72.7 cm³/mol. The molecular weight excluding hydrogens is 222 g/mol. The first-order valence-corrected chi connectivity index (χ1v) is 7.16. The zero-order valence-corrected chi connectivity index (χ0v) is 11.7. The van der Waals surface area contributed by atoms with Crippen LogP contribution in [0.2, 0.25) is 0 Å². The van der Waals surface area contributed by atoms with Gasteiger partial charge < -0.3 is 5.32 Å². The van der Waals surface area contributed by atoms with E-state index >= 15 is 0 Å². The highest BCUT2D eigenvalue weighted by atomic mass is 15.0. The number of hydrogen-bond donors (Lipinski definition) is 1. The highest BCUT2D eigenvalue weighted by Gasteiger charge is 2.29. The fourth-order valence-electron chi connectivity index (χ4n) is 2.72. The van der Waals surface area contributed by atoms with Crippen molar-refractivity contribution in [2.45, 2.75) is 64.3 Å². The monoisotopic (exact) mass is 245 g/mol. The zero-order valence-electron chi connectivity index (χ0n) is 11.7. The lowest BCUT2D eigenvalue weighted by Gasteiger charge is -2.31. The third-order valence-corrected chi connectivity index (χ3v) is 4.13. The van der Waals surface area contributed by atoms with E-state index in [1.165, 1.54) is 36.2 Å². The Hall–Kier alpha value is -0.960. The van der Waals surface area contributed by atoms with Crippen LogP contribution < -0.4 is 5.32 Å². The second-order valence-electron chi connectivity index (χ2n) is 6.66. The van der Waals surface area contributed by atoms with E-state index in [2.05, 4.69) is 26.1 Å². The molecule has 18 heavy (non-hydrogen) atoms. The summed E-state index contributed by atoms with van der Waals surface area (Å²) >= 11 is 0. The van der Waals surface area contributed by atoms with Gasteiger partial charge >= 0.3 is 0 Å². The van der Waals surface area contributed by atoms with Crippen LogP contribution in [-0.4, -0.2) is 16.5 Å². The summed E-state index contributed by atoms with van der Waals surface area (Å²) in [4.78, 5) is 9.76. The Kier molecular flexibility index (Phi) is 2.89. The Labute approximate surface area is 109 Å². The van der Waals surface area contributed by atoms with Crippen LogP contribution in [0.25, 0.3) is 0 Å². The molecule has 0 spiro atoms. The molecule has 1 fully saturated rings. The first kappa shape index (κ1) is 12.1. The number of rotatable bonds is 1. The zero-order chi connectivity index (χ0) is 12.8. The maximum atomic E-state index is 4.93. The van der Waals surface area contributed by atoms with Gasteiger partial charge in [0.05, 0.1) is 11.4 Å². The molecule has 3 heteroatoms. The van der Waals surface area contributed by atoms with E-state index in [-0.39, 0.29) is 5.41 Å². The van der Waals surface area contributed by atoms with Crippen LogP contribution in [-0.2, 0) is 18.4 Å². The Bertz CT molecular complexity index is 456. The molecule has 0 aromatic carbocycles. The molecule has 0 atom stereocenters. The van der Waals surface area contributed by atoms with Gasteiger partial charge in [-0.25, -0.2) is 9.97 Å². The minimum Gasteiger partial charge on any atom is -0.312 e. The first-order valence-electron chi connectivity index (χ1n) is 7.16. The molecule has 0 saturated heterocycles. The molecule has 3 rings (SSSR count). The standard InChI is InChI=1S/C15H23N3/c1-15(2,3)14-17-12-7-8-16-9-11(12)13(18-14)10-5-4-6-10/h10,16H,4-9H2,1-3H3. The van der Waals surface area contributed by atoms with Crippen LogP contribution >= 0.6 is 0 Å². The van der Waals surface area contributed by atoms with Gasteiger partial charge in [0.1, 0.15) is 5.82 Å². The summed E-state index contributed by atoms with van der Waals surface area (Å²) in [6, 6.07) is 0. The molecule has 1 aromatic rings. The van der Waals surface area contributed by atoms with Crippen LogP contribution in [0.4, 0.5) is 0 Å². The SMILES string of the molecule is CC(C)(C)c1nc2c(c(C3CCC3)n1)CNCC2. The Morgan fingerprint density at radius 1 is 1.17 bits per heavy atom. The molecule has 1 saturated carbocycles. The van der Waals surface area contributed by atoms with Gasteiger partial charge in [-0.05, 0) is 12.8 Å². The van der Waals surface area contributed by atoms with E-state index in [9.17, 15) is 0 Å². The molecule has 1 aliphatic heterocycles. The maximum absolute atomic E-state index is 4.93. The fourth-order valence-corrected chi connectivity index (χ4v) is 2.72. The minimum atomic E-state index is 0.0540. The lowest BCUT2D eigenvalue weighted by Crippen LogP contribution is -2.30. The first-order chi connectivity index (χ1) is 8.55. The molecule has 3 nitrogen and oxygen atoms in total. The lowest BCUT2D eigenvalue weighted by molar-refractivity contribution is 0.397. The van der Waals surface area contributed by atoms with Crippen LogP contribution in [0, 0.1) is 0 Å². The Balaban J connectivity index is 2.09. The van der Waals surface area contributed by atoms with Crippen molar-refractivity contribution in [3.63, 3.8) is 0 Å². The number of nitrogens with zero attached hydrogens (tertiary/aromatic N) is 2. The average Bonchev–Trinajstić information content (AvgIpc) is 2.25. The van der Waals surface area contributed by atoms with E-state index in [1.807, 2.05) is 0 Å². The number of nitrogens with one attached hydrogen (secondary N) is 1. The highest BCUT2D eigenvalue weighted by molar-refractivity contribution is 5.32. The van der Waals surface area contributed by atoms with Gasteiger partial charge in [-0.2, -0.15) is 0 Å². The van der Waals surface area contributed by atoms with Gasteiger partial charge in [-0.15, -0.1) is 0 Å². The quantitative estimate of drug-likeness (QED) is 0.826. The second kappa shape index (κ2) is 4.30. The largest absolute Gasteiger partial charge is 0.312 e. The van der Waals surface area contributed by atoms with Crippen molar-refractivity contribution in [1.82, 2.24) is 15.3 Å². The summed E-state index contributed by atoms with van der Waals surface area (Å²) in [6.07, 6.45) is 5.04. The molecule has 0 bridgehead atoms. The highest BCUT2D eigenvalue weighted by Crippen LogP contribution is 2.38. The van der Waals surface area contributed by atoms with Gasteiger partial charge in [0.2, 0.25) is 0 Å². The Morgan fingerprint density at radius 3 is 2.56 bits per heavy atom. The van der Waals surface area contributed by atoms with Crippen molar-refractivity contribution in [2.75, 3.05) is 6.54 Å². The summed E-state index contributed by atoms with van der Waals surface area (Å²) in [7, 11) is 0. The van der Waals surface area contributed by atoms with Crippen LogP contribution in [0.15, 0.2) is 0 Å². The third-order valence-electron chi connectivity index (χ3n) is 4.13. The van der Waals surface area contributed by atoms with Crippen LogP contribution in [0.1, 0.15) is 68.7 Å². The minimum absolute atomic E-state index is 0.0540. The van der Waals surface area contributed by atoms with Gasteiger partial charge in [-0.3, -0.25) is 0 Å². The topological polar surface area (TPSA) is 37.8 Å². The van der Waals surface area contributed by atoms with Crippen molar-refractivity contribution in [3.8, 4) is 0 Å². The van der Waals surface area contributed by atoms with Gasteiger partial charge in [0.15, 0.2) is 0 Å². The summed E-state index contributed by atoms with van der Waals surface area (Å²) in [5, 5.41) is 3.46. The summed E-state index contributed by atoms with van der Waals surface area (Å²) in [5.41, 5.74) is 4.11. The molecule has 1 aliphatic carbocycles. The van der Waals surface area contributed by atoms with E-state index in [1.54, 1.807) is 0 Å². The molecule has 0 amide bonds. The van der Waals surface area contributed by atoms with Gasteiger partial charge in [0, 0.05) is 36.4 Å². The van der Waals surface area contributed by atoms with E-state index in [4.69, 9.17) is 9.97 Å². The summed E-state index contributed by atoms with van der Waals surface area (Å²) < 4.78 is 0. The van der Waals surface area contributed by atoms with Crippen LogP contribution in [0.3, 0.4) is 0 Å². The molecular formula is C15H23N3. The lowest BCUT2D eigenvalue weighted by atomic mass is 9.80. The third kappa shape index (κ3) is 2.05. The van der Waals surface area contributed by atoms with Crippen molar-refractivity contribution in [3.05, 3.63) is 22.8 Å². The molecule has 1 N–H and O–H groups in total. The van der Waals surface area contributed by atoms with Crippen molar-refractivity contribution >= 4 is 0 Å². The smallest absolute Gasteiger partial charge is 0.134 e. The average molecular weight is 245 g/mol. The molecule has 0 radical (unpaired) electrons. The molecule has 98 valence electrons. The number of fused-ring (bicyclic) bond motifs is 1. The normalized spacial score (nSPS) is 20.4. The van der Waals surface area contributed by atoms with Crippen LogP contribution in [0.5, 0.6) is 0 Å². The summed E-state index contributed by atoms with van der Waals surface area (Å²) in [6.45, 7) is 8.64. The van der Waals surface area contributed by atoms with Crippen molar-refractivity contribution in [1.29, 1.82) is 0 Å². The Morgan fingerprint density at radius 2 is 1.94 bits per heavy atom. The fraction of sp³-hybridized carbons (Fsp3) is 0.733. The number of hydrogen-bond acceptors (Lipinski definition) is 3. The molecule has 0 unspecified atom stereocenters. The predicted octanol–water partition coefficient (Wildman–Crippen LogP) is 2.69. The molecule has 2 aliphatic rings. The maximum Gasteiger partial charge on any atom is 0.134 e. The van der Waals surface area contributed by atoms with Crippen molar-refractivity contribution < 1.29 is 0 Å². The van der Waals surface area contributed by atoms with E-state index in [0.717, 1.165) is 25.3 Å². The second-order valence-corrected chi connectivity index (χ2v) is 6.66. The molecule has 1 aromatic heterocycles. The van der Waals surface area contributed by atoms with E-state index < -0.39 is 0 Å². The van der Waals surface area contributed by atoms with Crippen molar-refractivity contribution in [2.24, 2.45) is 0 Å². The molecule has 2 heterocycles. The number of aromatic nitrogens is 2. The van der Waals surface area contributed by atoms with E-state index in [0.29, 0.717) is 5.92 Å². The van der Waals surface area contributed by atoms with Gasteiger partial charge in [0.25, 0.3) is 0 Å².